The first-order valence-electron chi connectivity index (χ1n) is 8.26. The molecule has 1 aliphatic rings. The van der Waals surface area contributed by atoms with Gasteiger partial charge in [-0.3, -0.25) is 9.69 Å². The number of aryl methyl sites for hydroxylation is 1. The average Bonchev–Trinajstić information content (AvgIpc) is 2.72. The molecule has 1 aromatic carbocycles. The topological polar surface area (TPSA) is 32.8 Å². The van der Waals surface area contributed by atoms with E-state index in [2.05, 4.69) is 18.7 Å². The summed E-state index contributed by atoms with van der Waals surface area (Å²) >= 11 is 0. The van der Waals surface area contributed by atoms with Crippen LogP contribution in [0.3, 0.4) is 0 Å². The third kappa shape index (κ3) is 5.11. The van der Waals surface area contributed by atoms with Gasteiger partial charge in [0.05, 0.1) is 12.7 Å². The van der Waals surface area contributed by atoms with E-state index < -0.39 is 0 Å². The standard InChI is InChI=1S/C18H28N2O2/c1-15(2)22-13-12-19-8-5-9-20(11-10-19)18(21)17-7-4-6-16(3)14-17/h4,6-7,14-15H,5,8-13H2,1-3H3. The van der Waals surface area contributed by atoms with Crippen molar-refractivity contribution < 1.29 is 9.53 Å². The molecule has 0 atom stereocenters. The van der Waals surface area contributed by atoms with Crippen molar-refractivity contribution in [3.05, 3.63) is 35.4 Å². The highest BCUT2D eigenvalue weighted by atomic mass is 16.5. The lowest BCUT2D eigenvalue weighted by molar-refractivity contribution is 0.0592. The summed E-state index contributed by atoms with van der Waals surface area (Å²) < 4.78 is 5.62. The molecule has 0 bridgehead atoms. The molecule has 4 nitrogen and oxygen atoms in total. The van der Waals surface area contributed by atoms with Crippen molar-refractivity contribution in [2.75, 3.05) is 39.3 Å². The highest BCUT2D eigenvalue weighted by Gasteiger charge is 2.20. The van der Waals surface area contributed by atoms with E-state index in [0.29, 0.717) is 0 Å². The predicted octanol–water partition coefficient (Wildman–Crippen LogP) is 2.57. The zero-order valence-electron chi connectivity index (χ0n) is 14.0. The maximum Gasteiger partial charge on any atom is 0.253 e. The van der Waals surface area contributed by atoms with E-state index in [1.165, 1.54) is 0 Å². The van der Waals surface area contributed by atoms with Crippen LogP contribution in [0.15, 0.2) is 24.3 Å². The summed E-state index contributed by atoms with van der Waals surface area (Å²) in [5, 5.41) is 0. The van der Waals surface area contributed by atoms with Gasteiger partial charge in [-0.15, -0.1) is 0 Å². The number of hydrogen-bond acceptors (Lipinski definition) is 3. The first kappa shape index (κ1) is 17.0. The zero-order valence-corrected chi connectivity index (χ0v) is 14.0. The van der Waals surface area contributed by atoms with Gasteiger partial charge in [0.2, 0.25) is 0 Å². The molecule has 1 aromatic rings. The van der Waals surface area contributed by atoms with Crippen LogP contribution in [0.2, 0.25) is 0 Å². The van der Waals surface area contributed by atoms with Crippen LogP contribution in [0.25, 0.3) is 0 Å². The smallest absolute Gasteiger partial charge is 0.253 e. The predicted molar refractivity (Wildman–Crippen MR) is 89.2 cm³/mol. The summed E-state index contributed by atoms with van der Waals surface area (Å²) in [5.74, 6) is 0.156. The maximum absolute atomic E-state index is 12.6. The van der Waals surface area contributed by atoms with Crippen molar-refractivity contribution in [1.82, 2.24) is 9.80 Å². The normalized spacial score (nSPS) is 16.8. The molecule has 2 rings (SSSR count). The number of rotatable bonds is 5. The Kier molecular flexibility index (Phi) is 6.40. The summed E-state index contributed by atoms with van der Waals surface area (Å²) in [7, 11) is 0. The number of hydrogen-bond donors (Lipinski definition) is 0. The van der Waals surface area contributed by atoms with E-state index in [9.17, 15) is 4.79 Å². The Balaban J connectivity index is 1.86. The monoisotopic (exact) mass is 304 g/mol. The molecule has 0 radical (unpaired) electrons. The summed E-state index contributed by atoms with van der Waals surface area (Å²) in [6, 6.07) is 7.86. The number of ether oxygens (including phenoxy) is 1. The van der Waals surface area contributed by atoms with Gasteiger partial charge in [0.15, 0.2) is 0 Å². The summed E-state index contributed by atoms with van der Waals surface area (Å²) in [6.07, 6.45) is 1.31. The highest BCUT2D eigenvalue weighted by Crippen LogP contribution is 2.11. The van der Waals surface area contributed by atoms with Gasteiger partial charge in [-0.2, -0.15) is 0 Å². The summed E-state index contributed by atoms with van der Waals surface area (Å²) in [6.45, 7) is 11.5. The molecule has 1 fully saturated rings. The second-order valence-electron chi connectivity index (χ2n) is 6.28. The number of nitrogens with zero attached hydrogens (tertiary/aromatic N) is 2. The highest BCUT2D eigenvalue weighted by molar-refractivity contribution is 5.94. The van der Waals surface area contributed by atoms with Gasteiger partial charge in [0.1, 0.15) is 0 Å². The Bertz CT molecular complexity index is 488. The van der Waals surface area contributed by atoms with Crippen LogP contribution in [-0.4, -0.2) is 61.1 Å². The fraction of sp³-hybridized carbons (Fsp3) is 0.611. The molecule has 0 aliphatic carbocycles. The van der Waals surface area contributed by atoms with Gasteiger partial charge in [-0.1, -0.05) is 17.7 Å². The molecular weight excluding hydrogens is 276 g/mol. The van der Waals surface area contributed by atoms with Gasteiger partial charge >= 0.3 is 0 Å². The minimum atomic E-state index is 0.156. The average molecular weight is 304 g/mol. The SMILES string of the molecule is Cc1cccc(C(=O)N2CCCN(CCOC(C)C)CC2)c1. The molecule has 4 heteroatoms. The lowest BCUT2D eigenvalue weighted by atomic mass is 10.1. The quantitative estimate of drug-likeness (QED) is 0.838. The van der Waals surface area contributed by atoms with Gasteiger partial charge in [0, 0.05) is 31.7 Å². The fourth-order valence-corrected chi connectivity index (χ4v) is 2.78. The van der Waals surface area contributed by atoms with Crippen LogP contribution < -0.4 is 0 Å². The molecule has 0 saturated carbocycles. The Morgan fingerprint density at radius 1 is 1.23 bits per heavy atom. The van der Waals surface area contributed by atoms with Crippen LogP contribution in [0.1, 0.15) is 36.2 Å². The van der Waals surface area contributed by atoms with Gasteiger partial charge in [-0.05, 0) is 45.9 Å². The molecule has 1 amide bonds. The van der Waals surface area contributed by atoms with Gasteiger partial charge in [-0.25, -0.2) is 0 Å². The first-order valence-corrected chi connectivity index (χ1v) is 8.26. The van der Waals surface area contributed by atoms with E-state index in [0.717, 1.165) is 56.9 Å². The fourth-order valence-electron chi connectivity index (χ4n) is 2.78. The number of benzene rings is 1. The zero-order chi connectivity index (χ0) is 15.9. The minimum absolute atomic E-state index is 0.156. The molecule has 0 spiro atoms. The van der Waals surface area contributed by atoms with Crippen LogP contribution in [0, 0.1) is 6.92 Å². The molecule has 1 saturated heterocycles. The van der Waals surface area contributed by atoms with E-state index in [-0.39, 0.29) is 12.0 Å². The minimum Gasteiger partial charge on any atom is -0.377 e. The van der Waals surface area contributed by atoms with Crippen molar-refractivity contribution in [2.45, 2.75) is 33.3 Å². The number of amides is 1. The Hall–Kier alpha value is -1.39. The third-order valence-corrected chi connectivity index (χ3v) is 4.00. The second-order valence-corrected chi connectivity index (χ2v) is 6.28. The molecule has 22 heavy (non-hydrogen) atoms. The number of carbonyl (C=O) groups excluding carboxylic acids is 1. The van der Waals surface area contributed by atoms with Crippen molar-refractivity contribution in [2.24, 2.45) is 0 Å². The Labute approximate surface area is 134 Å². The van der Waals surface area contributed by atoms with Crippen molar-refractivity contribution in [1.29, 1.82) is 0 Å². The summed E-state index contributed by atoms with van der Waals surface area (Å²) in [4.78, 5) is 17.0. The largest absolute Gasteiger partial charge is 0.377 e. The van der Waals surface area contributed by atoms with Crippen LogP contribution in [0.4, 0.5) is 0 Å². The molecule has 1 heterocycles. The molecular formula is C18H28N2O2. The van der Waals surface area contributed by atoms with Gasteiger partial charge < -0.3 is 9.64 Å². The molecule has 122 valence electrons. The van der Waals surface area contributed by atoms with E-state index in [1.54, 1.807) is 0 Å². The van der Waals surface area contributed by atoms with Crippen molar-refractivity contribution >= 4 is 5.91 Å². The molecule has 1 aliphatic heterocycles. The third-order valence-electron chi connectivity index (χ3n) is 4.00. The van der Waals surface area contributed by atoms with Crippen molar-refractivity contribution in [3.63, 3.8) is 0 Å². The maximum atomic E-state index is 12.6. The summed E-state index contributed by atoms with van der Waals surface area (Å²) in [5.41, 5.74) is 1.93. The lowest BCUT2D eigenvalue weighted by Gasteiger charge is -2.22. The van der Waals surface area contributed by atoms with E-state index in [1.807, 2.05) is 36.1 Å². The molecule has 0 aromatic heterocycles. The first-order chi connectivity index (χ1) is 10.6. The van der Waals surface area contributed by atoms with Crippen LogP contribution in [-0.2, 0) is 4.74 Å². The lowest BCUT2D eigenvalue weighted by Crippen LogP contribution is -2.36. The second kappa shape index (κ2) is 8.30. The van der Waals surface area contributed by atoms with Gasteiger partial charge in [0.25, 0.3) is 5.91 Å². The van der Waals surface area contributed by atoms with E-state index >= 15 is 0 Å². The van der Waals surface area contributed by atoms with Crippen LogP contribution >= 0.6 is 0 Å². The molecule has 0 unspecified atom stereocenters. The number of carbonyl (C=O) groups is 1. The Morgan fingerprint density at radius 3 is 2.77 bits per heavy atom. The van der Waals surface area contributed by atoms with E-state index in [4.69, 9.17) is 4.74 Å². The van der Waals surface area contributed by atoms with Crippen LogP contribution in [0.5, 0.6) is 0 Å². The van der Waals surface area contributed by atoms with Crippen molar-refractivity contribution in [3.8, 4) is 0 Å². The molecule has 0 N–H and O–H groups in total. The Morgan fingerprint density at radius 2 is 2.05 bits per heavy atom.